The van der Waals surface area contributed by atoms with Crippen LogP contribution in [0.1, 0.15) is 16.7 Å². The molecule has 0 aliphatic heterocycles. The highest BCUT2D eigenvalue weighted by Gasteiger charge is 2.03. The highest BCUT2D eigenvalue weighted by atomic mass is 19.1. The van der Waals surface area contributed by atoms with E-state index in [1.165, 1.54) is 6.07 Å². The SMILES string of the molecule is NNC(=O)Cc1ccc(COCc2ccccc2F)cc1. The van der Waals surface area contributed by atoms with E-state index in [2.05, 4.69) is 5.43 Å². The molecule has 21 heavy (non-hydrogen) atoms. The molecule has 0 unspecified atom stereocenters. The molecule has 0 saturated heterocycles. The average Bonchev–Trinajstić information content (AvgIpc) is 2.51. The van der Waals surface area contributed by atoms with Gasteiger partial charge in [-0.05, 0) is 17.2 Å². The van der Waals surface area contributed by atoms with E-state index in [1.54, 1.807) is 18.2 Å². The van der Waals surface area contributed by atoms with Gasteiger partial charge in [-0.25, -0.2) is 10.2 Å². The molecular weight excluding hydrogens is 271 g/mol. The normalized spacial score (nSPS) is 10.4. The Morgan fingerprint density at radius 2 is 1.71 bits per heavy atom. The Balaban J connectivity index is 1.84. The maximum absolute atomic E-state index is 13.4. The Hall–Kier alpha value is -2.24. The topological polar surface area (TPSA) is 64.3 Å². The highest BCUT2D eigenvalue weighted by molar-refractivity contribution is 5.77. The third kappa shape index (κ3) is 4.66. The van der Waals surface area contributed by atoms with Crippen LogP contribution in [0.4, 0.5) is 4.39 Å². The van der Waals surface area contributed by atoms with Crippen LogP contribution in [0, 0.1) is 5.82 Å². The minimum Gasteiger partial charge on any atom is -0.372 e. The van der Waals surface area contributed by atoms with E-state index in [1.807, 2.05) is 24.3 Å². The highest BCUT2D eigenvalue weighted by Crippen LogP contribution is 2.11. The van der Waals surface area contributed by atoms with Crippen molar-refractivity contribution < 1.29 is 13.9 Å². The number of hydrogen-bond acceptors (Lipinski definition) is 3. The molecule has 2 aromatic carbocycles. The molecule has 0 aliphatic rings. The standard InChI is InChI=1S/C16H17FN2O2/c17-15-4-2-1-3-14(15)11-21-10-13-7-5-12(6-8-13)9-16(20)19-18/h1-8H,9-11,18H2,(H,19,20). The third-order valence-corrected chi connectivity index (χ3v) is 3.03. The fourth-order valence-corrected chi connectivity index (χ4v) is 1.88. The number of amides is 1. The molecule has 3 N–H and O–H groups in total. The Morgan fingerprint density at radius 1 is 1.05 bits per heavy atom. The second-order valence-corrected chi connectivity index (χ2v) is 4.64. The van der Waals surface area contributed by atoms with Gasteiger partial charge in [0, 0.05) is 5.56 Å². The first-order valence-corrected chi connectivity index (χ1v) is 6.57. The molecule has 0 atom stereocenters. The predicted octanol–water partition coefficient (Wildman–Crippen LogP) is 2.07. The van der Waals surface area contributed by atoms with Crippen LogP contribution in [0.2, 0.25) is 0 Å². The van der Waals surface area contributed by atoms with Crippen LogP contribution >= 0.6 is 0 Å². The molecule has 5 heteroatoms. The molecule has 0 aliphatic carbocycles. The van der Waals surface area contributed by atoms with Crippen LogP contribution in [0.3, 0.4) is 0 Å². The minimum atomic E-state index is -0.263. The number of benzene rings is 2. The molecular formula is C16H17FN2O2. The van der Waals surface area contributed by atoms with Crippen molar-refractivity contribution in [2.24, 2.45) is 5.84 Å². The lowest BCUT2D eigenvalue weighted by Crippen LogP contribution is -2.31. The van der Waals surface area contributed by atoms with E-state index in [-0.39, 0.29) is 24.8 Å². The van der Waals surface area contributed by atoms with Gasteiger partial charge < -0.3 is 4.74 Å². The largest absolute Gasteiger partial charge is 0.372 e. The summed E-state index contributed by atoms with van der Waals surface area (Å²) in [5, 5.41) is 0. The molecule has 0 fully saturated rings. The van der Waals surface area contributed by atoms with Gasteiger partial charge in [0.2, 0.25) is 5.91 Å². The van der Waals surface area contributed by atoms with Crippen LogP contribution in [0.15, 0.2) is 48.5 Å². The molecule has 0 heterocycles. The van der Waals surface area contributed by atoms with Crippen molar-refractivity contribution in [2.75, 3.05) is 0 Å². The lowest BCUT2D eigenvalue weighted by atomic mass is 10.1. The molecule has 0 aromatic heterocycles. The van der Waals surface area contributed by atoms with Crippen LogP contribution in [-0.4, -0.2) is 5.91 Å². The van der Waals surface area contributed by atoms with E-state index in [0.29, 0.717) is 12.2 Å². The maximum atomic E-state index is 13.4. The number of halogens is 1. The molecule has 0 saturated carbocycles. The van der Waals surface area contributed by atoms with E-state index in [4.69, 9.17) is 10.6 Å². The van der Waals surface area contributed by atoms with Gasteiger partial charge in [-0.15, -0.1) is 0 Å². The van der Waals surface area contributed by atoms with Crippen LogP contribution < -0.4 is 11.3 Å². The second-order valence-electron chi connectivity index (χ2n) is 4.64. The summed E-state index contributed by atoms with van der Waals surface area (Å²) in [5.41, 5.74) is 4.45. The number of carbonyl (C=O) groups excluding carboxylic acids is 1. The summed E-state index contributed by atoms with van der Waals surface area (Å²) in [6.45, 7) is 0.613. The fraction of sp³-hybridized carbons (Fsp3) is 0.188. The summed E-state index contributed by atoms with van der Waals surface area (Å²) >= 11 is 0. The van der Waals surface area contributed by atoms with Crippen molar-refractivity contribution in [2.45, 2.75) is 19.6 Å². The van der Waals surface area contributed by atoms with Gasteiger partial charge in [-0.1, -0.05) is 42.5 Å². The van der Waals surface area contributed by atoms with Gasteiger partial charge in [-0.3, -0.25) is 10.2 Å². The summed E-state index contributed by atoms with van der Waals surface area (Å²) in [7, 11) is 0. The number of nitrogens with two attached hydrogens (primary N) is 1. The molecule has 110 valence electrons. The van der Waals surface area contributed by atoms with Gasteiger partial charge in [0.05, 0.1) is 19.6 Å². The molecule has 2 aromatic rings. The van der Waals surface area contributed by atoms with Crippen LogP contribution in [-0.2, 0) is 29.2 Å². The number of ether oxygens (including phenoxy) is 1. The summed E-state index contributed by atoms with van der Waals surface area (Å²) in [4.78, 5) is 11.1. The smallest absolute Gasteiger partial charge is 0.238 e. The molecule has 2 rings (SSSR count). The lowest BCUT2D eigenvalue weighted by molar-refractivity contribution is -0.120. The van der Waals surface area contributed by atoms with Gasteiger partial charge >= 0.3 is 0 Å². The number of hydrazine groups is 1. The molecule has 0 bridgehead atoms. The van der Waals surface area contributed by atoms with E-state index < -0.39 is 0 Å². The zero-order valence-corrected chi connectivity index (χ0v) is 11.5. The van der Waals surface area contributed by atoms with Crippen molar-refractivity contribution in [3.05, 3.63) is 71.0 Å². The van der Waals surface area contributed by atoms with E-state index in [9.17, 15) is 9.18 Å². The summed E-state index contributed by atoms with van der Waals surface area (Å²) in [5.74, 6) is 4.53. The molecule has 4 nitrogen and oxygen atoms in total. The van der Waals surface area contributed by atoms with Crippen LogP contribution in [0.25, 0.3) is 0 Å². The Morgan fingerprint density at radius 3 is 2.38 bits per heavy atom. The number of rotatable bonds is 6. The first-order valence-electron chi connectivity index (χ1n) is 6.57. The van der Waals surface area contributed by atoms with Crippen molar-refractivity contribution >= 4 is 5.91 Å². The summed E-state index contributed by atoms with van der Waals surface area (Å²) in [6.07, 6.45) is 0.243. The number of nitrogens with one attached hydrogen (secondary N) is 1. The number of hydrogen-bond donors (Lipinski definition) is 2. The van der Waals surface area contributed by atoms with Gasteiger partial charge in [0.15, 0.2) is 0 Å². The Bertz CT molecular complexity index is 599. The molecule has 1 amide bonds. The Kier molecular flexibility index (Phi) is 5.43. The van der Waals surface area contributed by atoms with Crippen molar-refractivity contribution in [1.82, 2.24) is 5.43 Å². The summed E-state index contributed by atoms with van der Waals surface area (Å²) in [6, 6.07) is 14.0. The third-order valence-electron chi connectivity index (χ3n) is 3.03. The molecule has 0 spiro atoms. The first kappa shape index (κ1) is 15.2. The molecule has 0 radical (unpaired) electrons. The van der Waals surface area contributed by atoms with Crippen molar-refractivity contribution in [3.63, 3.8) is 0 Å². The fourth-order valence-electron chi connectivity index (χ4n) is 1.88. The van der Waals surface area contributed by atoms with Crippen LogP contribution in [0.5, 0.6) is 0 Å². The number of carbonyl (C=O) groups is 1. The first-order chi connectivity index (χ1) is 10.2. The maximum Gasteiger partial charge on any atom is 0.238 e. The quantitative estimate of drug-likeness (QED) is 0.486. The zero-order chi connectivity index (χ0) is 15.1. The lowest BCUT2D eigenvalue weighted by Gasteiger charge is -2.06. The van der Waals surface area contributed by atoms with E-state index >= 15 is 0 Å². The van der Waals surface area contributed by atoms with Gasteiger partial charge in [0.1, 0.15) is 5.82 Å². The summed E-state index contributed by atoms with van der Waals surface area (Å²) < 4.78 is 18.9. The average molecular weight is 288 g/mol. The minimum absolute atomic E-state index is 0.226. The monoisotopic (exact) mass is 288 g/mol. The zero-order valence-electron chi connectivity index (χ0n) is 11.5. The van der Waals surface area contributed by atoms with Crippen molar-refractivity contribution in [1.29, 1.82) is 0 Å². The van der Waals surface area contributed by atoms with Gasteiger partial charge in [0.25, 0.3) is 0 Å². The van der Waals surface area contributed by atoms with Gasteiger partial charge in [-0.2, -0.15) is 0 Å². The predicted molar refractivity (Wildman–Crippen MR) is 77.4 cm³/mol. The van der Waals surface area contributed by atoms with E-state index in [0.717, 1.165) is 11.1 Å². The van der Waals surface area contributed by atoms with Crippen molar-refractivity contribution in [3.8, 4) is 0 Å². The second kappa shape index (κ2) is 7.52. The Labute approximate surface area is 122 Å².